The summed E-state index contributed by atoms with van der Waals surface area (Å²) in [6, 6.07) is 14.0. The minimum atomic E-state index is -2.81. The second-order valence-electron chi connectivity index (χ2n) is 16.4. The van der Waals surface area contributed by atoms with Gasteiger partial charge in [-0.15, -0.1) is 0 Å². The summed E-state index contributed by atoms with van der Waals surface area (Å²) in [5.74, 6) is -4.04. The van der Waals surface area contributed by atoms with Crippen molar-refractivity contribution in [1.82, 2.24) is 31.0 Å². The van der Waals surface area contributed by atoms with Gasteiger partial charge >= 0.3 is 12.2 Å². The lowest BCUT2D eigenvalue weighted by Gasteiger charge is -2.15. The summed E-state index contributed by atoms with van der Waals surface area (Å²) < 4.78 is 67.4. The van der Waals surface area contributed by atoms with Crippen molar-refractivity contribution in [3.63, 3.8) is 0 Å². The summed E-state index contributed by atoms with van der Waals surface area (Å²) in [5.41, 5.74) is 4.49. The van der Waals surface area contributed by atoms with Crippen molar-refractivity contribution >= 4 is 35.2 Å². The Kier molecular flexibility index (Phi) is 11.9. The van der Waals surface area contributed by atoms with Gasteiger partial charge in [-0.05, 0) is 102 Å². The van der Waals surface area contributed by atoms with E-state index in [1.54, 1.807) is 30.3 Å². The van der Waals surface area contributed by atoms with Gasteiger partial charge in [0, 0.05) is 82.8 Å². The molecule has 16 heteroatoms. The maximum absolute atomic E-state index is 14.3. The van der Waals surface area contributed by atoms with Crippen molar-refractivity contribution in [2.45, 2.75) is 140 Å². The van der Waals surface area contributed by atoms with E-state index in [1.807, 2.05) is 39.8 Å². The molecule has 0 bridgehead atoms. The van der Waals surface area contributed by atoms with E-state index in [2.05, 4.69) is 41.7 Å². The molecule has 2 aromatic heterocycles. The number of carbonyl (C=O) groups excluding carboxylic acids is 2. The Balaban J connectivity index is 0.000000177. The Morgan fingerprint density at radius 1 is 0.707 bits per heavy atom. The van der Waals surface area contributed by atoms with Crippen molar-refractivity contribution in [3.05, 3.63) is 82.2 Å². The van der Waals surface area contributed by atoms with Crippen LogP contribution in [-0.4, -0.2) is 56.9 Å². The van der Waals surface area contributed by atoms with Crippen LogP contribution in [0.4, 0.5) is 50.2 Å². The van der Waals surface area contributed by atoms with Crippen molar-refractivity contribution in [2.24, 2.45) is 0 Å². The monoisotopic (exact) mass is 808 g/mol. The summed E-state index contributed by atoms with van der Waals surface area (Å²) in [7, 11) is 0. The lowest BCUT2D eigenvalue weighted by molar-refractivity contribution is -0.00217. The van der Waals surface area contributed by atoms with Crippen LogP contribution in [0.15, 0.2) is 48.5 Å². The van der Waals surface area contributed by atoms with E-state index in [0.29, 0.717) is 53.4 Å². The third kappa shape index (κ3) is 9.53. The van der Waals surface area contributed by atoms with Gasteiger partial charge in [0.25, 0.3) is 11.8 Å². The maximum atomic E-state index is 14.3. The SMILES string of the molecule is CC(C)NC(=O)O[C@@H]1CC[C@H](c2cc(Nc3cccc4c3C(F)(F)CC4)n[nH]2)C1.CC(C)NC(=O)O[C@@H]1CC[C@H](c2cc(Nc3cccc4c3CCC4(F)F)n[nH]2)C1. The molecule has 58 heavy (non-hydrogen) atoms. The number of carbonyl (C=O) groups is 2. The molecule has 12 nitrogen and oxygen atoms in total. The molecule has 4 atom stereocenters. The molecule has 2 fully saturated rings. The molecule has 4 aromatic rings. The highest BCUT2D eigenvalue weighted by Crippen LogP contribution is 2.47. The van der Waals surface area contributed by atoms with E-state index < -0.39 is 17.9 Å². The van der Waals surface area contributed by atoms with E-state index in [1.165, 1.54) is 6.07 Å². The van der Waals surface area contributed by atoms with Gasteiger partial charge in [-0.1, -0.05) is 24.3 Å². The topological polar surface area (TPSA) is 158 Å². The molecular formula is C42H52F4N8O4. The number of amides is 2. The molecule has 312 valence electrons. The van der Waals surface area contributed by atoms with Gasteiger partial charge in [0.05, 0.1) is 0 Å². The predicted octanol–water partition coefficient (Wildman–Crippen LogP) is 9.92. The molecule has 2 amide bonds. The van der Waals surface area contributed by atoms with Crippen LogP contribution in [0.5, 0.6) is 0 Å². The van der Waals surface area contributed by atoms with Crippen LogP contribution in [0.1, 0.15) is 125 Å². The van der Waals surface area contributed by atoms with Crippen LogP contribution in [0.25, 0.3) is 0 Å². The Morgan fingerprint density at radius 3 is 1.79 bits per heavy atom. The Bertz CT molecular complexity index is 2080. The predicted molar refractivity (Wildman–Crippen MR) is 211 cm³/mol. The standard InChI is InChI=1S/2C21H26F2N4O2/c1-12(2)24-20(28)29-14-7-6-13(10-14)18-11-19(27-26-18)25-17-5-3-4-16-15(17)8-9-21(16,22)23;1-12(2)24-20(28)29-15-7-6-14(10-15)17-11-18(27-26-17)25-16-5-3-4-13-8-9-21(22,23)19(13)16/h3-5,11-14H,6-10H2,1-2H3,(H,24,28)(H2,25,26,27);3-5,11-12,14-15H,6-10H2,1-2H3,(H,24,28)(H2,25,26,27)/t13-,14+;14-,15+/m00/s1. The second-order valence-corrected chi connectivity index (χ2v) is 16.4. The number of rotatable bonds is 10. The minimum Gasteiger partial charge on any atom is -0.446 e. The quantitative estimate of drug-likeness (QED) is 0.0865. The Hall–Kier alpha value is -5.28. The number of nitrogens with one attached hydrogen (secondary N) is 6. The van der Waals surface area contributed by atoms with E-state index >= 15 is 0 Å². The molecule has 0 spiro atoms. The van der Waals surface area contributed by atoms with Gasteiger partial charge in [-0.3, -0.25) is 10.2 Å². The average molecular weight is 809 g/mol. The number of hydrogen-bond donors (Lipinski definition) is 6. The van der Waals surface area contributed by atoms with Gasteiger partial charge in [0.2, 0.25) is 0 Å². The molecule has 2 saturated carbocycles. The highest BCUT2D eigenvalue weighted by molar-refractivity contribution is 5.69. The zero-order valence-corrected chi connectivity index (χ0v) is 33.2. The zero-order chi connectivity index (χ0) is 41.2. The van der Waals surface area contributed by atoms with Crippen molar-refractivity contribution in [1.29, 1.82) is 0 Å². The minimum absolute atomic E-state index is 0.0350. The number of ether oxygens (including phenoxy) is 2. The van der Waals surface area contributed by atoms with E-state index in [-0.39, 0.29) is 66.2 Å². The molecule has 0 aliphatic heterocycles. The van der Waals surface area contributed by atoms with Gasteiger partial charge < -0.3 is 30.7 Å². The lowest BCUT2D eigenvalue weighted by Crippen LogP contribution is -2.33. The summed E-state index contributed by atoms with van der Waals surface area (Å²) in [6.45, 7) is 7.55. The van der Waals surface area contributed by atoms with Crippen LogP contribution < -0.4 is 21.3 Å². The fourth-order valence-electron chi connectivity index (χ4n) is 8.49. The molecule has 0 unspecified atom stereocenters. The number of benzene rings is 2. The van der Waals surface area contributed by atoms with Crippen molar-refractivity contribution < 1.29 is 36.6 Å². The smallest absolute Gasteiger partial charge is 0.407 e. The van der Waals surface area contributed by atoms with Crippen molar-refractivity contribution in [2.75, 3.05) is 10.6 Å². The van der Waals surface area contributed by atoms with E-state index in [4.69, 9.17) is 9.47 Å². The third-order valence-electron chi connectivity index (χ3n) is 11.2. The normalized spacial score (nSPS) is 22.5. The highest BCUT2D eigenvalue weighted by atomic mass is 19.3. The van der Waals surface area contributed by atoms with E-state index in [9.17, 15) is 27.2 Å². The number of alkyl carbamates (subject to hydrolysis) is 2. The largest absolute Gasteiger partial charge is 0.446 e. The molecule has 2 aromatic carbocycles. The van der Waals surface area contributed by atoms with Gasteiger partial charge in [-0.2, -0.15) is 10.2 Å². The number of hydrogen-bond acceptors (Lipinski definition) is 8. The van der Waals surface area contributed by atoms with Gasteiger partial charge in [-0.25, -0.2) is 27.2 Å². The Morgan fingerprint density at radius 2 is 1.22 bits per heavy atom. The molecule has 0 radical (unpaired) electrons. The number of fused-ring (bicyclic) bond motifs is 2. The molecular weight excluding hydrogens is 757 g/mol. The summed E-state index contributed by atoms with van der Waals surface area (Å²) in [4.78, 5) is 23.6. The first kappa shape index (κ1) is 40.9. The van der Waals surface area contributed by atoms with Gasteiger partial charge in [0.15, 0.2) is 11.6 Å². The first-order chi connectivity index (χ1) is 27.6. The zero-order valence-electron chi connectivity index (χ0n) is 33.2. The third-order valence-corrected chi connectivity index (χ3v) is 11.2. The number of aromatic nitrogens is 4. The number of anilines is 4. The maximum Gasteiger partial charge on any atom is 0.407 e. The average Bonchev–Trinajstić information content (AvgIpc) is 4.00. The lowest BCUT2D eigenvalue weighted by atomic mass is 10.0. The number of aromatic amines is 2. The molecule has 4 aliphatic rings. The van der Waals surface area contributed by atoms with Crippen LogP contribution in [0.3, 0.4) is 0 Å². The molecule has 0 saturated heterocycles. The number of halogens is 4. The summed E-state index contributed by atoms with van der Waals surface area (Å²) in [6.07, 6.45) is 4.23. The number of aryl methyl sites for hydroxylation is 1. The first-order valence-corrected chi connectivity index (χ1v) is 20.2. The molecule has 8 rings (SSSR count). The van der Waals surface area contributed by atoms with E-state index in [0.717, 1.165) is 43.5 Å². The van der Waals surface area contributed by atoms with Crippen LogP contribution in [-0.2, 0) is 34.2 Å². The summed E-state index contributed by atoms with van der Waals surface area (Å²) >= 11 is 0. The highest BCUT2D eigenvalue weighted by Gasteiger charge is 2.42. The molecule has 2 heterocycles. The number of H-pyrrole nitrogens is 2. The second kappa shape index (κ2) is 16.9. The van der Waals surface area contributed by atoms with Crippen LogP contribution in [0.2, 0.25) is 0 Å². The fourth-order valence-corrected chi connectivity index (χ4v) is 8.49. The van der Waals surface area contributed by atoms with Crippen LogP contribution >= 0.6 is 0 Å². The number of alkyl halides is 4. The fraction of sp³-hybridized carbons (Fsp3) is 0.524. The Labute approximate surface area is 335 Å². The van der Waals surface area contributed by atoms with Gasteiger partial charge in [0.1, 0.15) is 12.2 Å². The first-order valence-electron chi connectivity index (χ1n) is 20.2. The molecule has 4 aliphatic carbocycles. The van der Waals surface area contributed by atoms with Crippen molar-refractivity contribution in [3.8, 4) is 0 Å². The van der Waals surface area contributed by atoms with Crippen LogP contribution in [0, 0.1) is 0 Å². The molecule has 6 N–H and O–H groups in total. The summed E-state index contributed by atoms with van der Waals surface area (Å²) in [5, 5.41) is 26.3. The number of nitrogens with zero attached hydrogens (tertiary/aromatic N) is 2.